The summed E-state index contributed by atoms with van der Waals surface area (Å²) in [5, 5.41) is 2.61. The van der Waals surface area contributed by atoms with Gasteiger partial charge < -0.3 is 0 Å². The van der Waals surface area contributed by atoms with Crippen LogP contribution in [-0.2, 0) is 0 Å². The Kier molecular flexibility index (Phi) is 2.17. The summed E-state index contributed by atoms with van der Waals surface area (Å²) >= 11 is 1.75. The first-order chi connectivity index (χ1) is 8.93. The van der Waals surface area contributed by atoms with Crippen LogP contribution in [0.3, 0.4) is 0 Å². The molecule has 1 heterocycles. The Balaban J connectivity index is 2.18. The van der Waals surface area contributed by atoms with E-state index in [1.54, 1.807) is 11.8 Å². The van der Waals surface area contributed by atoms with Gasteiger partial charge in [0.2, 0.25) is 0 Å². The van der Waals surface area contributed by atoms with Crippen molar-refractivity contribution in [2.45, 2.75) is 6.04 Å². The maximum atomic E-state index is 4.64. The third-order valence-corrected chi connectivity index (χ3v) is 4.39. The van der Waals surface area contributed by atoms with E-state index in [-0.39, 0.29) is 6.04 Å². The van der Waals surface area contributed by atoms with Gasteiger partial charge in [-0.15, -0.1) is 0 Å². The normalized spacial score (nSPS) is 19.6. The number of fused-ring (bicyclic) bond motifs is 4. The molecule has 18 heavy (non-hydrogen) atoms. The van der Waals surface area contributed by atoms with Gasteiger partial charge in [-0.2, -0.15) is 0 Å². The average molecular weight is 249 g/mol. The highest BCUT2D eigenvalue weighted by atomic mass is 32.2. The molecule has 1 unspecified atom stereocenters. The van der Waals surface area contributed by atoms with E-state index in [0.717, 1.165) is 0 Å². The van der Waals surface area contributed by atoms with E-state index in [2.05, 4.69) is 59.6 Å². The number of aliphatic imine (C=N–C) groups is 1. The lowest BCUT2D eigenvalue weighted by molar-refractivity contribution is 0.965. The van der Waals surface area contributed by atoms with Gasteiger partial charge in [-0.1, -0.05) is 60.3 Å². The molecule has 0 fully saturated rings. The molecule has 2 aliphatic rings. The monoisotopic (exact) mass is 249 g/mol. The van der Waals surface area contributed by atoms with Gasteiger partial charge in [-0.3, -0.25) is 4.99 Å². The predicted molar refractivity (Wildman–Crippen MR) is 77.9 cm³/mol. The number of nitrogens with zero attached hydrogens (tertiary/aromatic N) is 1. The van der Waals surface area contributed by atoms with Crippen molar-refractivity contribution in [2.24, 2.45) is 4.99 Å². The zero-order valence-corrected chi connectivity index (χ0v) is 10.5. The van der Waals surface area contributed by atoms with Gasteiger partial charge in [0.25, 0.3) is 0 Å². The van der Waals surface area contributed by atoms with E-state index >= 15 is 0 Å². The fraction of sp³-hybridized carbons (Fsp3) is 0.0625. The predicted octanol–water partition coefficient (Wildman–Crippen LogP) is 2.45. The summed E-state index contributed by atoms with van der Waals surface area (Å²) in [6.07, 6.45) is 2.27. The minimum absolute atomic E-state index is 0.186. The minimum Gasteiger partial charge on any atom is -0.273 e. The molecular weight excluding hydrogens is 238 g/mol. The first-order valence-corrected chi connectivity index (χ1v) is 6.90. The lowest BCUT2D eigenvalue weighted by atomic mass is 10.0. The molecule has 0 bridgehead atoms. The molecule has 2 aromatic carbocycles. The van der Waals surface area contributed by atoms with Crippen molar-refractivity contribution in [1.29, 1.82) is 0 Å². The topological polar surface area (TPSA) is 12.4 Å². The summed E-state index contributed by atoms with van der Waals surface area (Å²) in [4.78, 5) is 5.99. The fourth-order valence-electron chi connectivity index (χ4n) is 2.62. The van der Waals surface area contributed by atoms with E-state index in [0.29, 0.717) is 0 Å². The van der Waals surface area contributed by atoms with Crippen molar-refractivity contribution in [3.63, 3.8) is 0 Å². The largest absolute Gasteiger partial charge is 0.273 e. The van der Waals surface area contributed by atoms with Crippen LogP contribution in [0.5, 0.6) is 0 Å². The first kappa shape index (κ1) is 10.2. The van der Waals surface area contributed by atoms with Crippen LogP contribution in [0.15, 0.2) is 53.5 Å². The molecule has 2 aromatic rings. The molecule has 0 saturated heterocycles. The molecule has 0 saturated carbocycles. The van der Waals surface area contributed by atoms with Crippen molar-refractivity contribution in [3.05, 3.63) is 70.1 Å². The van der Waals surface area contributed by atoms with Crippen LogP contribution in [-0.4, -0.2) is 5.55 Å². The number of thioether (sulfide) groups is 1. The summed E-state index contributed by atoms with van der Waals surface area (Å²) in [5.41, 5.74) is 4.56. The first-order valence-electron chi connectivity index (χ1n) is 6.02. The van der Waals surface area contributed by atoms with Crippen LogP contribution < -0.4 is 10.4 Å². The van der Waals surface area contributed by atoms with Crippen LogP contribution in [0.4, 0.5) is 0 Å². The van der Waals surface area contributed by atoms with Gasteiger partial charge >= 0.3 is 0 Å². The molecule has 0 N–H and O–H groups in total. The molecule has 0 spiro atoms. The number of rotatable bonds is 0. The number of hydrogen-bond donors (Lipinski definition) is 0. The molecule has 86 valence electrons. The Labute approximate surface area is 110 Å². The zero-order chi connectivity index (χ0) is 11.9. The Morgan fingerprint density at radius 2 is 1.78 bits per heavy atom. The van der Waals surface area contributed by atoms with Crippen molar-refractivity contribution in [1.82, 2.24) is 0 Å². The molecule has 0 amide bonds. The van der Waals surface area contributed by atoms with Crippen LogP contribution in [0, 0.1) is 0 Å². The fourth-order valence-corrected chi connectivity index (χ4v) is 3.54. The molecule has 0 radical (unpaired) electrons. The molecule has 2 heteroatoms. The maximum absolute atomic E-state index is 4.64. The van der Waals surface area contributed by atoms with Crippen LogP contribution >= 0.6 is 11.8 Å². The van der Waals surface area contributed by atoms with Crippen LogP contribution in [0.1, 0.15) is 17.2 Å². The second kappa shape index (κ2) is 3.85. The zero-order valence-electron chi connectivity index (χ0n) is 9.71. The van der Waals surface area contributed by atoms with E-state index in [4.69, 9.17) is 0 Å². The lowest BCUT2D eigenvalue weighted by Gasteiger charge is -2.11. The second-order valence-electron chi connectivity index (χ2n) is 4.50. The van der Waals surface area contributed by atoms with Crippen molar-refractivity contribution >= 4 is 28.3 Å². The molecule has 1 aliphatic carbocycles. The standard InChI is InChI=1S/C16H11NS/c1-3-7-13-11(5-1)9-12-6-2-4-8-14(12)16-15(13)17-10-18-16/h1-10,15H. The maximum Gasteiger partial charge on any atom is 0.108 e. The summed E-state index contributed by atoms with van der Waals surface area (Å²) in [5.74, 6) is 0. The van der Waals surface area contributed by atoms with Crippen LogP contribution in [0.2, 0.25) is 0 Å². The average Bonchev–Trinajstić information content (AvgIpc) is 2.84. The van der Waals surface area contributed by atoms with E-state index in [1.807, 2.05) is 5.55 Å². The summed E-state index contributed by atoms with van der Waals surface area (Å²) in [6, 6.07) is 17.3. The van der Waals surface area contributed by atoms with Crippen molar-refractivity contribution < 1.29 is 0 Å². The van der Waals surface area contributed by atoms with E-state index in [9.17, 15) is 0 Å². The van der Waals surface area contributed by atoms with E-state index < -0.39 is 0 Å². The highest BCUT2D eigenvalue weighted by Crippen LogP contribution is 2.40. The Hall–Kier alpha value is -1.80. The smallest absolute Gasteiger partial charge is 0.108 e. The Morgan fingerprint density at radius 1 is 0.944 bits per heavy atom. The Morgan fingerprint density at radius 3 is 2.78 bits per heavy atom. The second-order valence-corrected chi connectivity index (χ2v) is 5.39. The van der Waals surface area contributed by atoms with Crippen molar-refractivity contribution in [3.8, 4) is 0 Å². The van der Waals surface area contributed by atoms with Gasteiger partial charge in [0.05, 0.1) is 5.55 Å². The summed E-state index contributed by atoms with van der Waals surface area (Å²) < 4.78 is 0. The van der Waals surface area contributed by atoms with Gasteiger partial charge in [0.1, 0.15) is 6.04 Å². The minimum atomic E-state index is 0.186. The summed E-state index contributed by atoms with van der Waals surface area (Å²) in [7, 11) is 0. The number of benzene rings is 2. The molecule has 1 nitrogen and oxygen atoms in total. The lowest BCUT2D eigenvalue weighted by Crippen LogP contribution is -2.25. The van der Waals surface area contributed by atoms with Crippen molar-refractivity contribution in [2.75, 3.05) is 0 Å². The van der Waals surface area contributed by atoms with Crippen LogP contribution in [0.25, 0.3) is 11.0 Å². The van der Waals surface area contributed by atoms with Gasteiger partial charge in [-0.25, -0.2) is 0 Å². The SMILES string of the molecule is C1=NC2C(=c3ccccc3=Cc3ccccc32)S1. The third kappa shape index (κ3) is 1.39. The Bertz CT molecular complexity index is 774. The molecular formula is C16H11NS. The third-order valence-electron chi connectivity index (χ3n) is 3.47. The highest BCUT2D eigenvalue weighted by molar-refractivity contribution is 8.20. The van der Waals surface area contributed by atoms with Gasteiger partial charge in [0, 0.05) is 4.91 Å². The quantitative estimate of drug-likeness (QED) is 0.698. The molecule has 1 atom stereocenters. The summed E-state index contributed by atoms with van der Waals surface area (Å²) in [6.45, 7) is 0. The van der Waals surface area contributed by atoms with Gasteiger partial charge in [0.15, 0.2) is 0 Å². The molecule has 4 rings (SSSR count). The molecule has 1 aliphatic heterocycles. The van der Waals surface area contributed by atoms with Gasteiger partial charge in [-0.05, 0) is 27.6 Å². The van der Waals surface area contributed by atoms with E-state index in [1.165, 1.54) is 26.5 Å². The number of hydrogen-bond acceptors (Lipinski definition) is 2. The molecule has 0 aromatic heterocycles. The highest BCUT2D eigenvalue weighted by Gasteiger charge is 2.24.